The number of nitrogens with zero attached hydrogens (tertiary/aromatic N) is 1. The minimum Gasteiger partial charge on any atom is -0.326 e. The first-order chi connectivity index (χ1) is 12.1. The number of nitriles is 1. The van der Waals surface area contributed by atoms with E-state index >= 15 is 0 Å². The van der Waals surface area contributed by atoms with Crippen LogP contribution in [-0.2, 0) is 18.1 Å². The molecule has 0 aromatic heterocycles. The Morgan fingerprint density at radius 2 is 1.81 bits per heavy atom. The van der Waals surface area contributed by atoms with Gasteiger partial charge in [-0.05, 0) is 55.3 Å². The van der Waals surface area contributed by atoms with Gasteiger partial charge in [-0.1, -0.05) is 12.1 Å². The van der Waals surface area contributed by atoms with Crippen LogP contribution in [0.25, 0.3) is 0 Å². The largest absolute Gasteiger partial charge is 0.416 e. The average Bonchev–Trinajstić information content (AvgIpc) is 2.60. The van der Waals surface area contributed by atoms with Gasteiger partial charge in [-0.3, -0.25) is 4.79 Å². The number of nitrogens with one attached hydrogen (secondary N) is 1. The minimum absolute atomic E-state index is 0.121. The molecule has 0 spiro atoms. The first-order valence-electron chi connectivity index (χ1n) is 7.81. The number of amides is 1. The van der Waals surface area contributed by atoms with Gasteiger partial charge in [0.15, 0.2) is 0 Å². The summed E-state index contributed by atoms with van der Waals surface area (Å²) < 4.78 is 39.6. The van der Waals surface area contributed by atoms with Crippen LogP contribution in [0.1, 0.15) is 40.9 Å². The topological polar surface area (TPSA) is 78.9 Å². The quantitative estimate of drug-likeness (QED) is 0.856. The number of alkyl halides is 3. The van der Waals surface area contributed by atoms with Crippen LogP contribution in [-0.4, -0.2) is 5.91 Å². The molecule has 0 aliphatic heterocycles. The van der Waals surface area contributed by atoms with Gasteiger partial charge < -0.3 is 11.1 Å². The van der Waals surface area contributed by atoms with Crippen molar-refractivity contribution >= 4 is 11.6 Å². The molecule has 4 nitrogen and oxygen atoms in total. The van der Waals surface area contributed by atoms with E-state index in [1.807, 2.05) is 6.07 Å². The summed E-state index contributed by atoms with van der Waals surface area (Å²) in [5.41, 5.74) is 4.55. The molecule has 0 aliphatic rings. The molecule has 0 saturated heterocycles. The summed E-state index contributed by atoms with van der Waals surface area (Å²) in [5.74, 6) is -0.694. The molecule has 3 N–H and O–H groups in total. The Morgan fingerprint density at radius 1 is 1.15 bits per heavy atom. The third-order valence-electron chi connectivity index (χ3n) is 3.94. The Hall–Kier alpha value is -2.85. The first kappa shape index (κ1) is 19.5. The highest BCUT2D eigenvalue weighted by atomic mass is 19.4. The van der Waals surface area contributed by atoms with Crippen molar-refractivity contribution in [2.45, 2.75) is 32.0 Å². The molecule has 0 unspecified atom stereocenters. The lowest BCUT2D eigenvalue weighted by molar-refractivity contribution is -0.137. The van der Waals surface area contributed by atoms with Crippen LogP contribution in [0.4, 0.5) is 18.9 Å². The van der Waals surface area contributed by atoms with Gasteiger partial charge in [0.05, 0.1) is 17.0 Å². The molecule has 2 aromatic carbocycles. The molecule has 1 amide bonds. The minimum atomic E-state index is -4.63. The fraction of sp³-hybridized carbons (Fsp3) is 0.263. The Morgan fingerprint density at radius 3 is 2.38 bits per heavy atom. The molecule has 0 aliphatic carbocycles. The highest BCUT2D eigenvalue weighted by molar-refractivity contribution is 6.04. The van der Waals surface area contributed by atoms with E-state index in [2.05, 4.69) is 5.32 Å². The number of nitrogens with two attached hydrogens (primary N) is 1. The van der Waals surface area contributed by atoms with E-state index in [-0.39, 0.29) is 17.7 Å². The van der Waals surface area contributed by atoms with E-state index in [4.69, 9.17) is 5.73 Å². The van der Waals surface area contributed by atoms with E-state index in [1.165, 1.54) is 19.9 Å². The van der Waals surface area contributed by atoms with Gasteiger partial charge >= 0.3 is 6.18 Å². The van der Waals surface area contributed by atoms with E-state index < -0.39 is 23.1 Å². The number of hydrogen-bond donors (Lipinski definition) is 2. The summed E-state index contributed by atoms with van der Waals surface area (Å²) in [4.78, 5) is 12.5. The summed E-state index contributed by atoms with van der Waals surface area (Å²) in [7, 11) is 0. The summed E-state index contributed by atoms with van der Waals surface area (Å²) in [6.07, 6.45) is -4.63. The molecule has 136 valence electrons. The number of rotatable bonds is 4. The maximum atomic E-state index is 13.2. The van der Waals surface area contributed by atoms with Gasteiger partial charge in [0, 0.05) is 17.8 Å². The van der Waals surface area contributed by atoms with E-state index in [0.29, 0.717) is 5.69 Å². The fourth-order valence-electron chi connectivity index (χ4n) is 2.33. The number of anilines is 1. The van der Waals surface area contributed by atoms with Crippen LogP contribution in [0, 0.1) is 11.3 Å². The van der Waals surface area contributed by atoms with Gasteiger partial charge in [-0.15, -0.1) is 0 Å². The molecule has 0 atom stereocenters. The summed E-state index contributed by atoms with van der Waals surface area (Å²) in [5, 5.41) is 11.8. The Kier molecular flexibility index (Phi) is 5.38. The zero-order chi connectivity index (χ0) is 19.5. The molecule has 0 fully saturated rings. The maximum absolute atomic E-state index is 13.2. The lowest BCUT2D eigenvalue weighted by atomic mass is 9.84. The smallest absolute Gasteiger partial charge is 0.326 e. The number of carbonyl (C=O) groups is 1. The van der Waals surface area contributed by atoms with Crippen LogP contribution in [0.5, 0.6) is 0 Å². The number of benzene rings is 2. The Labute approximate surface area is 149 Å². The van der Waals surface area contributed by atoms with E-state index in [9.17, 15) is 23.2 Å². The normalized spacial score (nSPS) is 11.7. The van der Waals surface area contributed by atoms with Crippen LogP contribution in [0.15, 0.2) is 42.5 Å². The summed E-state index contributed by atoms with van der Waals surface area (Å²) in [6, 6.07) is 11.7. The SMILES string of the molecule is CC(C)(C#N)c1cc(C(=O)Nc2cccc(CN)c2)cc(C(F)(F)F)c1. The van der Waals surface area contributed by atoms with Crippen molar-refractivity contribution < 1.29 is 18.0 Å². The average molecular weight is 361 g/mol. The molecule has 2 rings (SSSR count). The molecule has 0 saturated carbocycles. The van der Waals surface area contributed by atoms with E-state index in [0.717, 1.165) is 17.7 Å². The molecule has 2 aromatic rings. The summed E-state index contributed by atoms with van der Waals surface area (Å²) >= 11 is 0. The fourth-order valence-corrected chi connectivity index (χ4v) is 2.33. The molecular formula is C19H18F3N3O. The van der Waals surface area contributed by atoms with E-state index in [1.54, 1.807) is 24.3 Å². The molecule has 0 radical (unpaired) electrons. The van der Waals surface area contributed by atoms with Crippen molar-refractivity contribution in [3.63, 3.8) is 0 Å². The van der Waals surface area contributed by atoms with Gasteiger partial charge in [-0.25, -0.2) is 0 Å². The van der Waals surface area contributed by atoms with Crippen LogP contribution >= 0.6 is 0 Å². The van der Waals surface area contributed by atoms with Crippen LogP contribution in [0.2, 0.25) is 0 Å². The molecule has 0 bridgehead atoms. The lowest BCUT2D eigenvalue weighted by Gasteiger charge is -2.19. The summed E-state index contributed by atoms with van der Waals surface area (Å²) in [6.45, 7) is 3.26. The zero-order valence-electron chi connectivity index (χ0n) is 14.3. The maximum Gasteiger partial charge on any atom is 0.416 e. The van der Waals surface area contributed by atoms with Crippen molar-refractivity contribution in [2.75, 3.05) is 5.32 Å². The van der Waals surface area contributed by atoms with Gasteiger partial charge in [-0.2, -0.15) is 18.4 Å². The first-order valence-corrected chi connectivity index (χ1v) is 7.81. The molecule has 0 heterocycles. The Balaban J connectivity index is 2.45. The molecule has 26 heavy (non-hydrogen) atoms. The number of halogens is 3. The number of carbonyl (C=O) groups excluding carboxylic acids is 1. The van der Waals surface area contributed by atoms with Crippen molar-refractivity contribution in [3.05, 3.63) is 64.7 Å². The third-order valence-corrected chi connectivity index (χ3v) is 3.94. The van der Waals surface area contributed by atoms with Crippen molar-refractivity contribution in [1.29, 1.82) is 5.26 Å². The Bertz CT molecular complexity index is 867. The number of hydrogen-bond acceptors (Lipinski definition) is 3. The van der Waals surface area contributed by atoms with Crippen molar-refractivity contribution in [1.82, 2.24) is 0 Å². The van der Waals surface area contributed by atoms with Gasteiger partial charge in [0.2, 0.25) is 0 Å². The second-order valence-electron chi connectivity index (χ2n) is 6.39. The standard InChI is InChI=1S/C19H18F3N3O/c1-18(2,11-24)14-7-13(8-15(9-14)19(20,21)22)17(26)25-16-5-3-4-12(6-16)10-23/h3-9H,10,23H2,1-2H3,(H,25,26). The predicted octanol–water partition coefficient (Wildman–Crippen LogP) is 4.22. The highest BCUT2D eigenvalue weighted by Crippen LogP contribution is 2.34. The third kappa shape index (κ3) is 4.41. The zero-order valence-corrected chi connectivity index (χ0v) is 14.3. The second-order valence-corrected chi connectivity index (χ2v) is 6.39. The highest BCUT2D eigenvalue weighted by Gasteiger charge is 2.34. The van der Waals surface area contributed by atoms with Gasteiger partial charge in [0.1, 0.15) is 0 Å². The molecule has 7 heteroatoms. The van der Waals surface area contributed by atoms with Crippen LogP contribution < -0.4 is 11.1 Å². The monoisotopic (exact) mass is 361 g/mol. The predicted molar refractivity (Wildman–Crippen MR) is 92.4 cm³/mol. The lowest BCUT2D eigenvalue weighted by Crippen LogP contribution is -2.20. The van der Waals surface area contributed by atoms with Gasteiger partial charge in [0.25, 0.3) is 5.91 Å². The second kappa shape index (κ2) is 7.18. The van der Waals surface area contributed by atoms with Crippen molar-refractivity contribution in [3.8, 4) is 6.07 Å². The van der Waals surface area contributed by atoms with Crippen LogP contribution in [0.3, 0.4) is 0 Å². The van der Waals surface area contributed by atoms with Crippen molar-refractivity contribution in [2.24, 2.45) is 5.73 Å². The molecular weight excluding hydrogens is 343 g/mol.